The lowest BCUT2D eigenvalue weighted by atomic mass is 10.1. The van der Waals surface area contributed by atoms with Crippen LogP contribution in [-0.4, -0.2) is 38.7 Å². The molecule has 0 bridgehead atoms. The third kappa shape index (κ3) is 1.67. The molecular formula is C12H12N6. The monoisotopic (exact) mass is 240 g/mol. The average molecular weight is 240 g/mol. The van der Waals surface area contributed by atoms with Gasteiger partial charge in [-0.25, -0.2) is 9.97 Å². The van der Waals surface area contributed by atoms with Gasteiger partial charge in [0.25, 0.3) is 5.78 Å². The fraction of sp³-hybridized carbons (Fsp3) is 0.167. The fourth-order valence-electron chi connectivity index (χ4n) is 1.85. The highest BCUT2D eigenvalue weighted by molar-refractivity contribution is 5.74. The number of anilines is 1. The maximum absolute atomic E-state index is 4.38. The van der Waals surface area contributed by atoms with E-state index in [9.17, 15) is 0 Å². The molecule has 0 N–H and O–H groups in total. The number of aromatic nitrogens is 5. The summed E-state index contributed by atoms with van der Waals surface area (Å²) in [5.41, 5.74) is 2.02. The summed E-state index contributed by atoms with van der Waals surface area (Å²) in [6.45, 7) is 0. The highest BCUT2D eigenvalue weighted by atomic mass is 15.3. The topological polar surface area (TPSA) is 59.2 Å². The first-order chi connectivity index (χ1) is 8.75. The Hall–Kier alpha value is -2.50. The lowest BCUT2D eigenvalue weighted by Crippen LogP contribution is -2.11. The molecule has 0 saturated heterocycles. The van der Waals surface area contributed by atoms with E-state index in [4.69, 9.17) is 0 Å². The van der Waals surface area contributed by atoms with E-state index < -0.39 is 0 Å². The lowest BCUT2D eigenvalue weighted by molar-refractivity contribution is 1.06. The molecule has 0 aromatic carbocycles. The molecule has 0 radical (unpaired) electrons. The molecule has 0 fully saturated rings. The quantitative estimate of drug-likeness (QED) is 0.674. The van der Waals surface area contributed by atoms with Crippen molar-refractivity contribution in [1.82, 2.24) is 24.6 Å². The highest BCUT2D eigenvalue weighted by Gasteiger charge is 2.09. The molecule has 3 heterocycles. The van der Waals surface area contributed by atoms with Gasteiger partial charge in [-0.15, -0.1) is 10.2 Å². The minimum Gasteiger partial charge on any atom is -0.362 e. The molecule has 90 valence electrons. The van der Waals surface area contributed by atoms with Crippen LogP contribution in [0, 0.1) is 0 Å². The first-order valence-electron chi connectivity index (χ1n) is 5.54. The second-order valence-electron chi connectivity index (χ2n) is 4.15. The molecule has 0 aliphatic rings. The summed E-state index contributed by atoms with van der Waals surface area (Å²) < 4.78 is 1.79. The van der Waals surface area contributed by atoms with Crippen LogP contribution in [0.25, 0.3) is 16.9 Å². The standard InChI is InChI=1S/C12H12N6/c1-17(2)11-10(4-3-5-13-11)9-6-14-12-16-15-8-18(12)7-9/h3-8H,1-2H3. The summed E-state index contributed by atoms with van der Waals surface area (Å²) in [5, 5.41) is 7.70. The molecule has 0 aliphatic carbocycles. The average Bonchev–Trinajstić information content (AvgIpc) is 2.85. The Kier molecular flexibility index (Phi) is 2.40. The molecule has 3 aromatic rings. The summed E-state index contributed by atoms with van der Waals surface area (Å²) in [5.74, 6) is 1.50. The first kappa shape index (κ1) is 10.6. The molecule has 3 aromatic heterocycles. The van der Waals surface area contributed by atoms with Crippen molar-refractivity contribution in [3.8, 4) is 11.1 Å². The van der Waals surface area contributed by atoms with E-state index in [1.807, 2.05) is 37.3 Å². The number of pyridine rings is 1. The zero-order valence-electron chi connectivity index (χ0n) is 10.1. The Morgan fingerprint density at radius 1 is 1.22 bits per heavy atom. The Labute approximate surface area is 104 Å². The van der Waals surface area contributed by atoms with E-state index in [1.54, 1.807) is 23.1 Å². The number of hydrogen-bond acceptors (Lipinski definition) is 5. The number of nitrogens with zero attached hydrogens (tertiary/aromatic N) is 6. The van der Waals surface area contributed by atoms with Crippen LogP contribution in [0.1, 0.15) is 0 Å². The van der Waals surface area contributed by atoms with Gasteiger partial charge in [0.15, 0.2) is 0 Å². The normalized spacial score (nSPS) is 10.8. The van der Waals surface area contributed by atoms with Crippen LogP contribution < -0.4 is 4.90 Å². The second-order valence-corrected chi connectivity index (χ2v) is 4.15. The van der Waals surface area contributed by atoms with E-state index in [0.29, 0.717) is 5.78 Å². The van der Waals surface area contributed by atoms with Crippen molar-refractivity contribution in [2.24, 2.45) is 0 Å². The molecule has 6 heteroatoms. The van der Waals surface area contributed by atoms with Gasteiger partial charge in [-0.05, 0) is 12.1 Å². The number of rotatable bonds is 2. The maximum atomic E-state index is 4.38. The van der Waals surface area contributed by atoms with Gasteiger partial charge in [-0.3, -0.25) is 4.40 Å². The zero-order valence-corrected chi connectivity index (χ0v) is 10.1. The SMILES string of the molecule is CN(C)c1ncccc1-c1cnc2nncn2c1. The van der Waals surface area contributed by atoms with E-state index in [2.05, 4.69) is 20.2 Å². The van der Waals surface area contributed by atoms with Crippen LogP contribution in [0.4, 0.5) is 5.82 Å². The van der Waals surface area contributed by atoms with Crippen molar-refractivity contribution in [3.63, 3.8) is 0 Å². The maximum Gasteiger partial charge on any atom is 0.254 e. The van der Waals surface area contributed by atoms with Gasteiger partial charge in [0, 0.05) is 43.8 Å². The van der Waals surface area contributed by atoms with Crippen molar-refractivity contribution in [2.45, 2.75) is 0 Å². The third-order valence-corrected chi connectivity index (χ3v) is 2.67. The molecule has 18 heavy (non-hydrogen) atoms. The lowest BCUT2D eigenvalue weighted by Gasteiger charge is -2.15. The van der Waals surface area contributed by atoms with Crippen LogP contribution in [0.3, 0.4) is 0 Å². The van der Waals surface area contributed by atoms with Crippen LogP contribution in [0.15, 0.2) is 37.1 Å². The van der Waals surface area contributed by atoms with Gasteiger partial charge >= 0.3 is 0 Å². The predicted octanol–water partition coefficient (Wildman–Crippen LogP) is 1.25. The van der Waals surface area contributed by atoms with E-state index in [-0.39, 0.29) is 0 Å². The Morgan fingerprint density at radius 3 is 2.94 bits per heavy atom. The molecule has 0 unspecified atom stereocenters. The van der Waals surface area contributed by atoms with Crippen molar-refractivity contribution in [3.05, 3.63) is 37.1 Å². The highest BCUT2D eigenvalue weighted by Crippen LogP contribution is 2.26. The summed E-state index contributed by atoms with van der Waals surface area (Å²) in [4.78, 5) is 10.6. The second kappa shape index (κ2) is 4.06. The Bertz CT molecular complexity index is 688. The minimum absolute atomic E-state index is 0.592. The first-order valence-corrected chi connectivity index (χ1v) is 5.54. The number of hydrogen-bond donors (Lipinski definition) is 0. The van der Waals surface area contributed by atoms with Gasteiger partial charge in [-0.1, -0.05) is 0 Å². The molecule has 0 atom stereocenters. The third-order valence-electron chi connectivity index (χ3n) is 2.67. The van der Waals surface area contributed by atoms with Gasteiger partial charge in [0.1, 0.15) is 12.1 Å². The van der Waals surface area contributed by atoms with E-state index >= 15 is 0 Å². The molecule has 0 aliphatic heterocycles. The Balaban J connectivity index is 2.19. The summed E-state index contributed by atoms with van der Waals surface area (Å²) >= 11 is 0. The smallest absolute Gasteiger partial charge is 0.254 e. The molecule has 0 saturated carbocycles. The van der Waals surface area contributed by atoms with E-state index in [0.717, 1.165) is 16.9 Å². The molecular weight excluding hydrogens is 228 g/mol. The van der Waals surface area contributed by atoms with Crippen molar-refractivity contribution >= 4 is 11.6 Å². The summed E-state index contributed by atoms with van der Waals surface area (Å²) in [6.07, 6.45) is 7.15. The van der Waals surface area contributed by atoms with Gasteiger partial charge in [-0.2, -0.15) is 0 Å². The summed E-state index contributed by atoms with van der Waals surface area (Å²) in [7, 11) is 3.94. The van der Waals surface area contributed by atoms with Crippen LogP contribution >= 0.6 is 0 Å². The van der Waals surface area contributed by atoms with Crippen LogP contribution in [-0.2, 0) is 0 Å². The van der Waals surface area contributed by atoms with Crippen molar-refractivity contribution in [1.29, 1.82) is 0 Å². The molecule has 0 amide bonds. The van der Waals surface area contributed by atoms with Gasteiger partial charge in [0.05, 0.1) is 0 Å². The predicted molar refractivity (Wildman–Crippen MR) is 68.3 cm³/mol. The molecule has 3 rings (SSSR count). The van der Waals surface area contributed by atoms with Crippen LogP contribution in [0.2, 0.25) is 0 Å². The van der Waals surface area contributed by atoms with E-state index in [1.165, 1.54) is 0 Å². The molecule has 6 nitrogen and oxygen atoms in total. The largest absolute Gasteiger partial charge is 0.362 e. The number of fused-ring (bicyclic) bond motifs is 1. The molecule has 0 spiro atoms. The minimum atomic E-state index is 0.592. The van der Waals surface area contributed by atoms with Gasteiger partial charge < -0.3 is 4.90 Å². The fourth-order valence-corrected chi connectivity index (χ4v) is 1.85. The van der Waals surface area contributed by atoms with Crippen molar-refractivity contribution < 1.29 is 0 Å². The van der Waals surface area contributed by atoms with Gasteiger partial charge in [0.2, 0.25) is 0 Å². The Morgan fingerprint density at radius 2 is 2.11 bits per heavy atom. The van der Waals surface area contributed by atoms with Crippen molar-refractivity contribution in [2.75, 3.05) is 19.0 Å². The van der Waals surface area contributed by atoms with Crippen LogP contribution in [0.5, 0.6) is 0 Å². The zero-order chi connectivity index (χ0) is 12.5. The summed E-state index contributed by atoms with van der Waals surface area (Å²) in [6, 6.07) is 3.94.